The zero-order chi connectivity index (χ0) is 21.3. The Bertz CT molecular complexity index is 1240. The number of aliphatic hydroxyl groups is 1. The molecule has 1 aromatic carbocycles. The molecular formula is C21H20F2N4O3. The summed E-state index contributed by atoms with van der Waals surface area (Å²) in [5.41, 5.74) is 0.00940. The molecule has 3 aromatic rings. The maximum Gasteiger partial charge on any atom is 0.310 e. The van der Waals surface area contributed by atoms with Crippen LogP contribution in [0, 0.1) is 6.92 Å². The van der Waals surface area contributed by atoms with Crippen molar-refractivity contribution in [3.63, 3.8) is 0 Å². The van der Waals surface area contributed by atoms with Crippen LogP contribution in [0.2, 0.25) is 0 Å². The van der Waals surface area contributed by atoms with Crippen molar-refractivity contribution in [3.05, 3.63) is 57.8 Å². The highest BCUT2D eigenvalue weighted by Gasteiger charge is 2.43. The number of aliphatic hydroxyl groups excluding tert-OH is 1. The fraction of sp³-hybridized carbons (Fsp3) is 0.381. The molecule has 0 amide bonds. The smallest absolute Gasteiger partial charge is 0.310 e. The standard InChI is InChI=1S/C21H20F2N4O3/c1-11-24-15-8-16(28)27(20(2)6-7-20)9-13(15)18(25-11)26-19(29)12-4-3-5-14-17(12)30-10-21(14,22)23/h3-5,8-9,19,29H,6-7,10H2,1-2H3,(H,24,25,26). The van der Waals surface area contributed by atoms with E-state index in [1.165, 1.54) is 24.3 Å². The van der Waals surface area contributed by atoms with E-state index in [4.69, 9.17) is 4.74 Å². The van der Waals surface area contributed by atoms with Gasteiger partial charge in [-0.15, -0.1) is 0 Å². The summed E-state index contributed by atoms with van der Waals surface area (Å²) in [4.78, 5) is 21.2. The van der Waals surface area contributed by atoms with Crippen LogP contribution in [0.1, 0.15) is 42.9 Å². The van der Waals surface area contributed by atoms with Gasteiger partial charge in [-0.1, -0.05) is 12.1 Å². The van der Waals surface area contributed by atoms with Crippen LogP contribution in [0.3, 0.4) is 0 Å². The minimum atomic E-state index is -3.10. The third-order valence-corrected chi connectivity index (χ3v) is 5.80. The van der Waals surface area contributed by atoms with Gasteiger partial charge in [-0.3, -0.25) is 4.79 Å². The second-order valence-electron chi connectivity index (χ2n) is 8.16. The first-order valence-electron chi connectivity index (χ1n) is 9.68. The van der Waals surface area contributed by atoms with E-state index >= 15 is 0 Å². The Labute approximate surface area is 170 Å². The normalized spacial score (nSPS) is 19.2. The van der Waals surface area contributed by atoms with Crippen molar-refractivity contribution in [2.75, 3.05) is 11.9 Å². The molecule has 1 atom stereocenters. The van der Waals surface area contributed by atoms with E-state index in [-0.39, 0.29) is 28.0 Å². The molecule has 0 saturated heterocycles. The Morgan fingerprint density at radius 3 is 2.80 bits per heavy atom. The van der Waals surface area contributed by atoms with Crippen LogP contribution in [0.15, 0.2) is 35.3 Å². The number of aryl methyl sites for hydroxylation is 1. The molecule has 9 heteroatoms. The number of nitrogens with one attached hydrogen (secondary N) is 1. The molecule has 7 nitrogen and oxygen atoms in total. The van der Waals surface area contributed by atoms with Crippen LogP contribution < -0.4 is 15.6 Å². The highest BCUT2D eigenvalue weighted by molar-refractivity contribution is 5.88. The van der Waals surface area contributed by atoms with Crippen molar-refractivity contribution in [1.29, 1.82) is 0 Å². The number of ether oxygens (including phenoxy) is 1. The first-order chi connectivity index (χ1) is 14.2. The van der Waals surface area contributed by atoms with Gasteiger partial charge in [-0.05, 0) is 32.8 Å². The summed E-state index contributed by atoms with van der Waals surface area (Å²) in [6.07, 6.45) is 2.15. The summed E-state index contributed by atoms with van der Waals surface area (Å²) in [6, 6.07) is 5.72. The Kier molecular flexibility index (Phi) is 3.92. The van der Waals surface area contributed by atoms with Crippen LogP contribution in [-0.4, -0.2) is 26.2 Å². The number of hydrogen-bond donors (Lipinski definition) is 2. The van der Waals surface area contributed by atoms with E-state index in [9.17, 15) is 18.7 Å². The average Bonchev–Trinajstić information content (AvgIpc) is 3.35. The molecule has 3 heterocycles. The summed E-state index contributed by atoms with van der Waals surface area (Å²) in [7, 11) is 0. The van der Waals surface area contributed by atoms with Gasteiger partial charge in [0.2, 0.25) is 0 Å². The number of alkyl halides is 2. The van der Waals surface area contributed by atoms with E-state index in [0.717, 1.165) is 12.8 Å². The minimum Gasteiger partial charge on any atom is -0.486 e. The van der Waals surface area contributed by atoms with Crippen LogP contribution in [-0.2, 0) is 11.5 Å². The fourth-order valence-corrected chi connectivity index (χ4v) is 3.84. The van der Waals surface area contributed by atoms with Gasteiger partial charge in [-0.25, -0.2) is 9.97 Å². The number of aromatic nitrogens is 3. The summed E-state index contributed by atoms with van der Waals surface area (Å²) in [5.74, 6) is -2.41. The number of pyridine rings is 1. The molecule has 0 spiro atoms. The minimum absolute atomic E-state index is 0.0278. The molecule has 2 N–H and O–H groups in total. The lowest BCUT2D eigenvalue weighted by molar-refractivity contribution is -0.0215. The number of para-hydroxylation sites is 1. The SMILES string of the molecule is Cc1nc(NC(O)c2cccc3c2OCC3(F)F)c2cn(C3(C)CC3)c(=O)cc2n1. The van der Waals surface area contributed by atoms with Gasteiger partial charge in [0.1, 0.15) is 17.4 Å². The van der Waals surface area contributed by atoms with E-state index in [1.54, 1.807) is 17.7 Å². The molecule has 156 valence electrons. The van der Waals surface area contributed by atoms with Crippen molar-refractivity contribution in [1.82, 2.24) is 14.5 Å². The number of hydrogen-bond acceptors (Lipinski definition) is 6. The second-order valence-corrected chi connectivity index (χ2v) is 8.16. The van der Waals surface area contributed by atoms with E-state index in [0.29, 0.717) is 22.5 Å². The van der Waals surface area contributed by atoms with Crippen molar-refractivity contribution in [3.8, 4) is 5.75 Å². The van der Waals surface area contributed by atoms with Gasteiger partial charge < -0.3 is 19.7 Å². The van der Waals surface area contributed by atoms with E-state index < -0.39 is 18.8 Å². The fourth-order valence-electron chi connectivity index (χ4n) is 3.84. The summed E-state index contributed by atoms with van der Waals surface area (Å²) < 4.78 is 34.8. The van der Waals surface area contributed by atoms with Gasteiger partial charge in [0.05, 0.1) is 16.5 Å². The molecule has 0 radical (unpaired) electrons. The largest absolute Gasteiger partial charge is 0.486 e. The number of benzene rings is 1. The summed E-state index contributed by atoms with van der Waals surface area (Å²) in [5, 5.41) is 14.2. The zero-order valence-electron chi connectivity index (χ0n) is 16.4. The predicted octanol–water partition coefficient (Wildman–Crippen LogP) is 3.20. The lowest BCUT2D eigenvalue weighted by atomic mass is 10.0. The predicted molar refractivity (Wildman–Crippen MR) is 106 cm³/mol. The maximum absolute atomic E-state index is 14.0. The lowest BCUT2D eigenvalue weighted by Crippen LogP contribution is -2.27. The zero-order valence-corrected chi connectivity index (χ0v) is 16.4. The molecule has 1 unspecified atom stereocenters. The molecule has 2 aromatic heterocycles. The molecule has 1 aliphatic heterocycles. The number of halogens is 2. The van der Waals surface area contributed by atoms with E-state index in [2.05, 4.69) is 15.3 Å². The number of fused-ring (bicyclic) bond motifs is 2. The number of anilines is 1. The molecule has 30 heavy (non-hydrogen) atoms. The molecule has 2 aliphatic rings. The van der Waals surface area contributed by atoms with Crippen LogP contribution in [0.4, 0.5) is 14.6 Å². The Balaban J connectivity index is 1.58. The Hall–Kier alpha value is -3.07. The highest BCUT2D eigenvalue weighted by Crippen LogP contribution is 2.45. The van der Waals surface area contributed by atoms with Gasteiger partial charge in [-0.2, -0.15) is 8.78 Å². The molecule has 5 rings (SSSR count). The summed E-state index contributed by atoms with van der Waals surface area (Å²) >= 11 is 0. The van der Waals surface area contributed by atoms with E-state index in [1.807, 2.05) is 6.92 Å². The second kappa shape index (κ2) is 6.21. The van der Waals surface area contributed by atoms with Gasteiger partial charge in [0.15, 0.2) is 12.8 Å². The lowest BCUT2D eigenvalue weighted by Gasteiger charge is -2.19. The van der Waals surface area contributed by atoms with Gasteiger partial charge in [0, 0.05) is 23.4 Å². The van der Waals surface area contributed by atoms with Crippen LogP contribution in [0.25, 0.3) is 10.9 Å². The Morgan fingerprint density at radius 1 is 1.30 bits per heavy atom. The maximum atomic E-state index is 14.0. The highest BCUT2D eigenvalue weighted by atomic mass is 19.3. The quantitative estimate of drug-likeness (QED) is 0.638. The Morgan fingerprint density at radius 2 is 2.07 bits per heavy atom. The number of nitrogens with zero attached hydrogens (tertiary/aromatic N) is 3. The molecule has 1 aliphatic carbocycles. The van der Waals surface area contributed by atoms with Crippen molar-refractivity contribution >= 4 is 16.7 Å². The summed E-state index contributed by atoms with van der Waals surface area (Å²) in [6.45, 7) is 2.92. The first-order valence-corrected chi connectivity index (χ1v) is 9.68. The number of rotatable bonds is 4. The third-order valence-electron chi connectivity index (χ3n) is 5.80. The van der Waals surface area contributed by atoms with Crippen molar-refractivity contribution in [2.45, 2.75) is 44.4 Å². The van der Waals surface area contributed by atoms with Crippen molar-refractivity contribution in [2.24, 2.45) is 0 Å². The van der Waals surface area contributed by atoms with Crippen LogP contribution >= 0.6 is 0 Å². The molecular weight excluding hydrogens is 394 g/mol. The third kappa shape index (κ3) is 2.92. The first kappa shape index (κ1) is 18.9. The topological polar surface area (TPSA) is 89.3 Å². The van der Waals surface area contributed by atoms with Crippen molar-refractivity contribution < 1.29 is 18.6 Å². The average molecular weight is 414 g/mol. The monoisotopic (exact) mass is 414 g/mol. The van der Waals surface area contributed by atoms with Crippen LogP contribution in [0.5, 0.6) is 5.75 Å². The van der Waals surface area contributed by atoms with Gasteiger partial charge in [0.25, 0.3) is 5.56 Å². The molecule has 1 fully saturated rings. The van der Waals surface area contributed by atoms with Gasteiger partial charge >= 0.3 is 5.92 Å². The molecule has 1 saturated carbocycles. The molecule has 0 bridgehead atoms.